The first-order valence-corrected chi connectivity index (χ1v) is 10.3. The molecule has 4 aromatic rings. The fourth-order valence-electron chi connectivity index (χ4n) is 3.92. The summed E-state index contributed by atoms with van der Waals surface area (Å²) in [7, 11) is 0. The lowest BCUT2D eigenvalue weighted by atomic mass is 10.2. The Morgan fingerprint density at radius 1 is 1.21 bits per heavy atom. The summed E-state index contributed by atoms with van der Waals surface area (Å²) >= 11 is 0. The van der Waals surface area contributed by atoms with Gasteiger partial charge in [-0.2, -0.15) is 4.98 Å². The summed E-state index contributed by atoms with van der Waals surface area (Å²) in [6, 6.07) is 9.29. The van der Waals surface area contributed by atoms with Crippen LogP contribution in [0, 0.1) is 0 Å². The number of hydrogen-bond donors (Lipinski definition) is 2. The molecule has 4 heterocycles. The molecule has 172 valence electrons. The number of rotatable bonds is 6. The summed E-state index contributed by atoms with van der Waals surface area (Å²) in [6.45, 7) is 0.778. The number of aromatic nitrogens is 5. The lowest BCUT2D eigenvalue weighted by molar-refractivity contribution is -0.274. The van der Waals surface area contributed by atoms with Gasteiger partial charge < -0.3 is 24.6 Å². The molecule has 1 aliphatic rings. The maximum atomic E-state index is 12.5. The lowest BCUT2D eigenvalue weighted by Crippen LogP contribution is -2.34. The van der Waals surface area contributed by atoms with Gasteiger partial charge in [0.2, 0.25) is 5.95 Å². The third-order valence-corrected chi connectivity index (χ3v) is 5.40. The average Bonchev–Trinajstić information content (AvgIpc) is 3.52. The van der Waals surface area contributed by atoms with Gasteiger partial charge >= 0.3 is 6.36 Å². The van der Waals surface area contributed by atoms with Crippen LogP contribution in [0.1, 0.15) is 12.8 Å². The zero-order valence-corrected chi connectivity index (χ0v) is 17.3. The Morgan fingerprint density at radius 3 is 2.91 bits per heavy atom. The number of aliphatic hydroxyl groups is 1. The summed E-state index contributed by atoms with van der Waals surface area (Å²) in [6.07, 6.45) is 1.98. The van der Waals surface area contributed by atoms with Crippen molar-refractivity contribution in [3.05, 3.63) is 55.1 Å². The molecule has 1 fully saturated rings. The van der Waals surface area contributed by atoms with Crippen molar-refractivity contribution in [2.75, 3.05) is 23.4 Å². The van der Waals surface area contributed by atoms with Crippen molar-refractivity contribution in [1.29, 1.82) is 0 Å². The highest BCUT2D eigenvalue weighted by Gasteiger charge is 2.31. The van der Waals surface area contributed by atoms with Crippen LogP contribution in [0.25, 0.3) is 11.2 Å². The quantitative estimate of drug-likeness (QED) is 0.456. The number of fused-ring (bicyclic) bond motifs is 1. The Balaban J connectivity index is 1.42. The van der Waals surface area contributed by atoms with E-state index in [1.807, 2.05) is 17.0 Å². The minimum absolute atomic E-state index is 0.0252. The van der Waals surface area contributed by atoms with Crippen LogP contribution in [0.2, 0.25) is 0 Å². The molecule has 1 atom stereocenters. The third-order valence-electron chi connectivity index (χ3n) is 5.40. The first-order valence-electron chi connectivity index (χ1n) is 10.3. The Kier molecular flexibility index (Phi) is 5.29. The van der Waals surface area contributed by atoms with Crippen molar-refractivity contribution in [2.24, 2.45) is 0 Å². The van der Waals surface area contributed by atoms with Gasteiger partial charge in [0.1, 0.15) is 23.4 Å². The molecule has 0 radical (unpaired) electrons. The Bertz CT molecular complexity index is 1270. The van der Waals surface area contributed by atoms with E-state index < -0.39 is 6.36 Å². The SMILES string of the molecule is OC[C@@H]1CCCN1c1nc(Nc2cn(-c3cccc(OC(F)(F)F)c3)cn2)c2cccn2n1. The number of benzene rings is 1. The second-order valence-electron chi connectivity index (χ2n) is 7.61. The molecule has 0 bridgehead atoms. The molecule has 9 nitrogen and oxygen atoms in total. The standard InChI is InChI=1S/C21H20F3N7O2/c22-21(23,24)33-16-6-1-4-14(10-16)29-11-18(25-13-29)26-19-17-7-3-9-31(17)28-20(27-19)30-8-2-5-15(30)12-32/h1,3-4,6-7,9-11,13,15,32H,2,5,8,12H2,(H,26,27,28)/t15-/m0/s1. The van der Waals surface area contributed by atoms with Crippen molar-refractivity contribution < 1.29 is 23.0 Å². The number of aliphatic hydroxyl groups excluding tert-OH is 1. The fraction of sp³-hybridized carbons (Fsp3) is 0.286. The average molecular weight is 459 g/mol. The van der Waals surface area contributed by atoms with Crippen LogP contribution in [0.5, 0.6) is 5.75 Å². The molecule has 5 rings (SSSR count). The molecular weight excluding hydrogens is 439 g/mol. The normalized spacial score (nSPS) is 16.5. The van der Waals surface area contributed by atoms with Gasteiger partial charge in [-0.1, -0.05) is 6.07 Å². The van der Waals surface area contributed by atoms with Gasteiger partial charge in [-0.15, -0.1) is 18.3 Å². The van der Waals surface area contributed by atoms with E-state index in [1.54, 1.807) is 27.5 Å². The van der Waals surface area contributed by atoms with Gasteiger partial charge in [0.25, 0.3) is 0 Å². The number of nitrogens with one attached hydrogen (secondary N) is 1. The van der Waals surface area contributed by atoms with Gasteiger partial charge in [-0.3, -0.25) is 0 Å². The number of alkyl halides is 3. The molecule has 1 saturated heterocycles. The zero-order valence-electron chi connectivity index (χ0n) is 17.3. The largest absolute Gasteiger partial charge is 0.573 e. The van der Waals surface area contributed by atoms with Crippen molar-refractivity contribution in [1.82, 2.24) is 24.1 Å². The van der Waals surface area contributed by atoms with Gasteiger partial charge in [0, 0.05) is 18.8 Å². The number of anilines is 3. The number of ether oxygens (including phenoxy) is 1. The first-order chi connectivity index (χ1) is 15.9. The maximum absolute atomic E-state index is 12.5. The van der Waals surface area contributed by atoms with Gasteiger partial charge in [-0.25, -0.2) is 9.50 Å². The molecule has 0 aliphatic carbocycles. The topological polar surface area (TPSA) is 92.7 Å². The van der Waals surface area contributed by atoms with Crippen LogP contribution in [0.3, 0.4) is 0 Å². The summed E-state index contributed by atoms with van der Waals surface area (Å²) in [5.74, 6) is 1.15. The van der Waals surface area contributed by atoms with Crippen LogP contribution in [-0.4, -0.2) is 54.8 Å². The molecule has 0 saturated carbocycles. The Hall–Kier alpha value is -3.80. The molecular formula is C21H20F3N7O2. The van der Waals surface area contributed by atoms with Crippen molar-refractivity contribution in [3.8, 4) is 11.4 Å². The number of nitrogens with zero attached hydrogens (tertiary/aromatic N) is 6. The first kappa shape index (κ1) is 21.1. The molecule has 3 aromatic heterocycles. The number of imidazole rings is 1. The molecule has 12 heteroatoms. The molecule has 2 N–H and O–H groups in total. The van der Waals surface area contributed by atoms with E-state index in [0.717, 1.165) is 24.9 Å². The summed E-state index contributed by atoms with van der Waals surface area (Å²) in [5, 5.41) is 17.4. The second kappa shape index (κ2) is 8.28. The second-order valence-corrected chi connectivity index (χ2v) is 7.61. The van der Waals surface area contributed by atoms with E-state index in [4.69, 9.17) is 0 Å². The molecule has 1 aromatic carbocycles. The van der Waals surface area contributed by atoms with Gasteiger partial charge in [-0.05, 0) is 37.1 Å². The molecule has 0 amide bonds. The summed E-state index contributed by atoms with van der Waals surface area (Å²) in [4.78, 5) is 11.0. The smallest absolute Gasteiger partial charge is 0.406 e. The third kappa shape index (κ3) is 4.42. The highest BCUT2D eigenvalue weighted by molar-refractivity contribution is 5.73. The van der Waals surface area contributed by atoms with Crippen LogP contribution < -0.4 is 15.0 Å². The number of hydrogen-bond acceptors (Lipinski definition) is 7. The van der Waals surface area contributed by atoms with E-state index >= 15 is 0 Å². The zero-order chi connectivity index (χ0) is 23.0. The Labute approximate surface area is 186 Å². The van der Waals surface area contributed by atoms with Crippen LogP contribution >= 0.6 is 0 Å². The molecule has 33 heavy (non-hydrogen) atoms. The van der Waals surface area contributed by atoms with Crippen LogP contribution in [0.15, 0.2) is 55.1 Å². The summed E-state index contributed by atoms with van der Waals surface area (Å²) < 4.78 is 44.9. The van der Waals surface area contributed by atoms with E-state index in [0.29, 0.717) is 23.3 Å². The predicted molar refractivity (Wildman–Crippen MR) is 114 cm³/mol. The van der Waals surface area contributed by atoms with E-state index in [1.165, 1.54) is 24.5 Å². The number of halogens is 3. The molecule has 1 aliphatic heterocycles. The highest BCUT2D eigenvalue weighted by Crippen LogP contribution is 2.28. The monoisotopic (exact) mass is 459 g/mol. The lowest BCUT2D eigenvalue weighted by Gasteiger charge is -2.23. The minimum Gasteiger partial charge on any atom is -0.406 e. The van der Waals surface area contributed by atoms with Crippen molar-refractivity contribution in [2.45, 2.75) is 25.2 Å². The van der Waals surface area contributed by atoms with Crippen LogP contribution in [-0.2, 0) is 0 Å². The van der Waals surface area contributed by atoms with E-state index in [9.17, 15) is 18.3 Å². The minimum atomic E-state index is -4.77. The maximum Gasteiger partial charge on any atom is 0.573 e. The molecule has 0 unspecified atom stereocenters. The van der Waals surface area contributed by atoms with E-state index in [-0.39, 0.29) is 18.4 Å². The summed E-state index contributed by atoms with van der Waals surface area (Å²) in [5.41, 5.74) is 1.19. The van der Waals surface area contributed by atoms with E-state index in [2.05, 4.69) is 25.1 Å². The molecule has 0 spiro atoms. The van der Waals surface area contributed by atoms with Gasteiger partial charge in [0.05, 0.1) is 24.5 Å². The van der Waals surface area contributed by atoms with Crippen molar-refractivity contribution >= 4 is 23.1 Å². The fourth-order valence-corrected chi connectivity index (χ4v) is 3.92. The predicted octanol–water partition coefficient (Wildman–Crippen LogP) is 3.52. The highest BCUT2D eigenvalue weighted by atomic mass is 19.4. The van der Waals surface area contributed by atoms with Gasteiger partial charge in [0.15, 0.2) is 5.82 Å². The van der Waals surface area contributed by atoms with Crippen molar-refractivity contribution in [3.63, 3.8) is 0 Å². The Morgan fingerprint density at radius 2 is 2.09 bits per heavy atom. The van der Waals surface area contributed by atoms with Crippen LogP contribution in [0.4, 0.5) is 30.8 Å².